The molecule has 1 aromatic rings. The summed E-state index contributed by atoms with van der Waals surface area (Å²) < 4.78 is 1.06. The molecular formula is C11H14BrClN2. The van der Waals surface area contributed by atoms with Gasteiger partial charge < -0.3 is 11.1 Å². The van der Waals surface area contributed by atoms with Gasteiger partial charge in [0.15, 0.2) is 0 Å². The molecule has 0 saturated heterocycles. The molecule has 0 bridgehead atoms. The average Bonchev–Trinajstić information content (AvgIpc) is 2.11. The lowest BCUT2D eigenvalue weighted by Crippen LogP contribution is -2.44. The Kier molecular flexibility index (Phi) is 3.24. The molecule has 2 nitrogen and oxygen atoms in total. The Bertz CT molecular complexity index is 375. The van der Waals surface area contributed by atoms with E-state index in [1.54, 1.807) is 0 Å². The molecule has 1 aliphatic rings. The Morgan fingerprint density at radius 1 is 1.47 bits per heavy atom. The van der Waals surface area contributed by atoms with E-state index in [1.807, 2.05) is 19.1 Å². The van der Waals surface area contributed by atoms with Crippen molar-refractivity contribution >= 4 is 33.2 Å². The number of hydrogen-bond acceptors (Lipinski definition) is 2. The average molecular weight is 290 g/mol. The molecule has 0 radical (unpaired) electrons. The van der Waals surface area contributed by atoms with Crippen molar-refractivity contribution in [2.24, 2.45) is 5.73 Å². The highest BCUT2D eigenvalue weighted by Gasteiger charge is 2.26. The van der Waals surface area contributed by atoms with Gasteiger partial charge in [0.05, 0.1) is 5.69 Å². The molecule has 0 atom stereocenters. The second-order valence-electron chi connectivity index (χ2n) is 4.15. The van der Waals surface area contributed by atoms with Crippen LogP contribution in [0.2, 0.25) is 5.02 Å². The number of nitrogens with two attached hydrogens (primary N) is 1. The second kappa shape index (κ2) is 4.32. The fourth-order valence-electron chi connectivity index (χ4n) is 1.76. The zero-order chi connectivity index (χ0) is 11.0. The summed E-state index contributed by atoms with van der Waals surface area (Å²) in [6.07, 6.45) is 2.08. The summed E-state index contributed by atoms with van der Waals surface area (Å²) in [4.78, 5) is 0. The van der Waals surface area contributed by atoms with Gasteiger partial charge >= 0.3 is 0 Å². The Morgan fingerprint density at radius 2 is 2.13 bits per heavy atom. The highest BCUT2D eigenvalue weighted by Crippen LogP contribution is 2.32. The van der Waals surface area contributed by atoms with E-state index in [9.17, 15) is 0 Å². The lowest BCUT2D eigenvalue weighted by Gasteiger charge is -2.34. The number of halogens is 2. The maximum absolute atomic E-state index is 6.07. The van der Waals surface area contributed by atoms with E-state index < -0.39 is 0 Å². The standard InChI is InChI=1S/C11H14BrClN2/c1-6-2-9(12)11(5-10(6)13)15-8-3-7(14)4-8/h2,5,7-8,15H,3-4,14H2,1H3. The van der Waals surface area contributed by atoms with Crippen molar-refractivity contribution in [3.8, 4) is 0 Å². The fraction of sp³-hybridized carbons (Fsp3) is 0.455. The van der Waals surface area contributed by atoms with Gasteiger partial charge in [0, 0.05) is 21.6 Å². The van der Waals surface area contributed by atoms with E-state index in [0.717, 1.165) is 33.6 Å². The van der Waals surface area contributed by atoms with Crippen LogP contribution in [0, 0.1) is 6.92 Å². The van der Waals surface area contributed by atoms with E-state index in [2.05, 4.69) is 21.2 Å². The molecule has 1 aliphatic carbocycles. The van der Waals surface area contributed by atoms with Crippen molar-refractivity contribution in [2.45, 2.75) is 31.8 Å². The largest absolute Gasteiger partial charge is 0.381 e. The van der Waals surface area contributed by atoms with Crippen molar-refractivity contribution in [1.29, 1.82) is 0 Å². The van der Waals surface area contributed by atoms with Crippen LogP contribution in [-0.2, 0) is 0 Å². The van der Waals surface area contributed by atoms with Crippen LogP contribution >= 0.6 is 27.5 Å². The van der Waals surface area contributed by atoms with Gasteiger partial charge in [-0.2, -0.15) is 0 Å². The van der Waals surface area contributed by atoms with Gasteiger partial charge in [0.2, 0.25) is 0 Å². The number of aryl methyl sites for hydroxylation is 1. The molecule has 2 rings (SSSR count). The van der Waals surface area contributed by atoms with Crippen LogP contribution in [-0.4, -0.2) is 12.1 Å². The fourth-order valence-corrected chi connectivity index (χ4v) is 2.49. The van der Waals surface area contributed by atoms with Crippen molar-refractivity contribution in [3.05, 3.63) is 27.2 Å². The number of hydrogen-bond donors (Lipinski definition) is 2. The van der Waals surface area contributed by atoms with Crippen LogP contribution in [0.5, 0.6) is 0 Å². The molecule has 0 aliphatic heterocycles. The zero-order valence-corrected chi connectivity index (χ0v) is 10.9. The molecule has 0 unspecified atom stereocenters. The Morgan fingerprint density at radius 3 is 2.73 bits per heavy atom. The van der Waals surface area contributed by atoms with Gasteiger partial charge in [0.1, 0.15) is 0 Å². The third-order valence-corrected chi connectivity index (χ3v) is 3.85. The minimum absolute atomic E-state index is 0.363. The summed E-state index contributed by atoms with van der Waals surface area (Å²) in [6.45, 7) is 2.00. The first-order valence-electron chi connectivity index (χ1n) is 5.04. The third kappa shape index (κ3) is 2.47. The van der Waals surface area contributed by atoms with Crippen molar-refractivity contribution in [2.75, 3.05) is 5.32 Å². The van der Waals surface area contributed by atoms with Crippen LogP contribution in [0.1, 0.15) is 18.4 Å². The summed E-state index contributed by atoms with van der Waals surface area (Å²) in [5.41, 5.74) is 7.88. The van der Waals surface area contributed by atoms with Crippen LogP contribution in [0.4, 0.5) is 5.69 Å². The van der Waals surface area contributed by atoms with E-state index >= 15 is 0 Å². The van der Waals surface area contributed by atoms with Crippen LogP contribution in [0.3, 0.4) is 0 Å². The molecule has 0 aromatic heterocycles. The maximum atomic E-state index is 6.07. The van der Waals surface area contributed by atoms with Gasteiger partial charge in [0.25, 0.3) is 0 Å². The summed E-state index contributed by atoms with van der Waals surface area (Å²) in [7, 11) is 0. The zero-order valence-electron chi connectivity index (χ0n) is 8.56. The van der Waals surface area contributed by atoms with Gasteiger partial charge in [-0.1, -0.05) is 11.6 Å². The minimum atomic E-state index is 0.363. The molecule has 3 N–H and O–H groups in total. The van der Waals surface area contributed by atoms with Gasteiger partial charge in [-0.25, -0.2) is 0 Å². The molecule has 1 saturated carbocycles. The van der Waals surface area contributed by atoms with E-state index in [4.69, 9.17) is 17.3 Å². The summed E-state index contributed by atoms with van der Waals surface area (Å²) in [5.74, 6) is 0. The Balaban J connectivity index is 2.11. The summed E-state index contributed by atoms with van der Waals surface area (Å²) in [5, 5.41) is 4.23. The van der Waals surface area contributed by atoms with E-state index in [-0.39, 0.29) is 0 Å². The predicted octanol–water partition coefficient (Wildman–Crippen LogP) is 3.31. The molecule has 0 heterocycles. The van der Waals surface area contributed by atoms with Crippen LogP contribution in [0.25, 0.3) is 0 Å². The lowest BCUT2D eigenvalue weighted by atomic mass is 9.87. The smallest absolute Gasteiger partial charge is 0.0501 e. The molecular weight excluding hydrogens is 275 g/mol. The van der Waals surface area contributed by atoms with Crippen molar-refractivity contribution < 1.29 is 0 Å². The quantitative estimate of drug-likeness (QED) is 0.876. The number of nitrogens with one attached hydrogen (secondary N) is 1. The Hall–Kier alpha value is -0.250. The van der Waals surface area contributed by atoms with Crippen molar-refractivity contribution in [1.82, 2.24) is 0 Å². The summed E-state index contributed by atoms with van der Waals surface area (Å²) in [6, 6.07) is 4.85. The molecule has 1 aromatic carbocycles. The molecule has 4 heteroatoms. The third-order valence-electron chi connectivity index (χ3n) is 2.78. The number of rotatable bonds is 2. The first-order chi connectivity index (χ1) is 7.06. The van der Waals surface area contributed by atoms with Gasteiger partial charge in [-0.3, -0.25) is 0 Å². The molecule has 15 heavy (non-hydrogen) atoms. The monoisotopic (exact) mass is 288 g/mol. The summed E-state index contributed by atoms with van der Waals surface area (Å²) >= 11 is 9.60. The maximum Gasteiger partial charge on any atom is 0.0501 e. The topological polar surface area (TPSA) is 38.0 Å². The molecule has 82 valence electrons. The highest BCUT2D eigenvalue weighted by molar-refractivity contribution is 9.10. The minimum Gasteiger partial charge on any atom is -0.381 e. The number of benzene rings is 1. The molecule has 0 amide bonds. The Labute approximate surface area is 103 Å². The van der Waals surface area contributed by atoms with E-state index in [0.29, 0.717) is 12.1 Å². The predicted molar refractivity (Wildman–Crippen MR) is 68.5 cm³/mol. The lowest BCUT2D eigenvalue weighted by molar-refractivity contribution is 0.373. The van der Waals surface area contributed by atoms with Gasteiger partial charge in [-0.05, 0) is 53.4 Å². The number of anilines is 1. The normalized spacial score (nSPS) is 24.8. The molecule has 0 spiro atoms. The van der Waals surface area contributed by atoms with Gasteiger partial charge in [-0.15, -0.1) is 0 Å². The van der Waals surface area contributed by atoms with Crippen LogP contribution in [0.15, 0.2) is 16.6 Å². The first kappa shape index (κ1) is 11.2. The SMILES string of the molecule is Cc1cc(Br)c(NC2CC(N)C2)cc1Cl. The molecule has 1 fully saturated rings. The first-order valence-corrected chi connectivity index (χ1v) is 6.21. The van der Waals surface area contributed by atoms with Crippen LogP contribution < -0.4 is 11.1 Å². The van der Waals surface area contributed by atoms with E-state index in [1.165, 1.54) is 0 Å². The highest BCUT2D eigenvalue weighted by atomic mass is 79.9. The van der Waals surface area contributed by atoms with Crippen molar-refractivity contribution in [3.63, 3.8) is 0 Å². The second-order valence-corrected chi connectivity index (χ2v) is 5.42.